The van der Waals surface area contributed by atoms with Crippen LogP contribution in [0.25, 0.3) is 0 Å². The number of amides is 4. The normalized spacial score (nSPS) is 10.3. The van der Waals surface area contributed by atoms with E-state index >= 15 is 0 Å². The number of carbonyl (C=O) groups is 4. The highest BCUT2D eigenvalue weighted by Crippen LogP contribution is 2.19. The van der Waals surface area contributed by atoms with Gasteiger partial charge in [0.2, 0.25) is 0 Å². The van der Waals surface area contributed by atoms with Crippen LogP contribution in [0.2, 0.25) is 0 Å². The maximum atomic E-state index is 13.0. The van der Waals surface area contributed by atoms with Crippen LogP contribution < -0.4 is 21.3 Å². The van der Waals surface area contributed by atoms with Gasteiger partial charge in [-0.05, 0) is 78.9 Å². The van der Waals surface area contributed by atoms with Gasteiger partial charge in [0.05, 0.1) is 0 Å². The largest absolute Gasteiger partial charge is 0.322 e. The van der Waals surface area contributed by atoms with E-state index in [4.69, 9.17) is 0 Å². The summed E-state index contributed by atoms with van der Waals surface area (Å²) in [5.41, 5.74) is 3.49. The van der Waals surface area contributed by atoms with Gasteiger partial charge in [0, 0.05) is 45.0 Å². The van der Waals surface area contributed by atoms with Gasteiger partial charge in [-0.1, -0.05) is 54.6 Å². The maximum Gasteiger partial charge on any atom is 0.255 e. The van der Waals surface area contributed by atoms with Gasteiger partial charge in [-0.15, -0.1) is 0 Å². The molecule has 8 nitrogen and oxygen atoms in total. The summed E-state index contributed by atoms with van der Waals surface area (Å²) >= 11 is 0. The Morgan fingerprint density at radius 3 is 0.952 bits per heavy atom. The van der Waals surface area contributed by atoms with E-state index in [1.807, 2.05) is 36.4 Å². The van der Waals surface area contributed by atoms with Gasteiger partial charge in [-0.3, -0.25) is 19.2 Å². The summed E-state index contributed by atoms with van der Waals surface area (Å²) in [6.45, 7) is 0. The minimum Gasteiger partial charge on any atom is -0.322 e. The van der Waals surface area contributed by atoms with Crippen LogP contribution in [0.15, 0.2) is 133 Å². The Bertz CT molecular complexity index is 1630. The van der Waals surface area contributed by atoms with Crippen LogP contribution in [0.5, 0.6) is 0 Å². The van der Waals surface area contributed by atoms with Gasteiger partial charge in [-0.2, -0.15) is 0 Å². The van der Waals surface area contributed by atoms with Crippen molar-refractivity contribution in [1.29, 1.82) is 0 Å². The Balaban J connectivity index is 1.22. The fraction of sp³-hybridized carbons (Fsp3) is 0. The number of benzene rings is 5. The third-order valence-corrected chi connectivity index (χ3v) is 6.22. The maximum absolute atomic E-state index is 13.0. The van der Waals surface area contributed by atoms with Gasteiger partial charge < -0.3 is 21.3 Å². The zero-order valence-corrected chi connectivity index (χ0v) is 22.3. The molecule has 4 N–H and O–H groups in total. The molecule has 206 valence electrons. The second-order valence-electron chi connectivity index (χ2n) is 9.29. The van der Waals surface area contributed by atoms with Crippen LogP contribution >= 0.6 is 0 Å². The third kappa shape index (κ3) is 7.13. The van der Waals surface area contributed by atoms with E-state index in [9.17, 15) is 19.2 Å². The summed E-state index contributed by atoms with van der Waals surface area (Å²) in [7, 11) is 0. The number of anilines is 4. The summed E-state index contributed by atoms with van der Waals surface area (Å²) < 4.78 is 0. The predicted octanol–water partition coefficient (Wildman–Crippen LogP) is 6.70. The van der Waals surface area contributed by atoms with Crippen molar-refractivity contribution >= 4 is 46.4 Å². The standard InChI is InChI=1S/C34H26N4O4/c39-31(35-27-14-3-1-4-15-27)23-10-7-12-25(20-23)33(41)37-29-18-9-19-30(22-29)38-34(42)26-13-8-11-24(21-26)32(40)36-28-16-5-2-6-17-28/h1-22H,(H,35,39)(H,36,40)(H,37,41)(H,38,42). The van der Waals surface area contributed by atoms with Crippen molar-refractivity contribution in [3.63, 3.8) is 0 Å². The summed E-state index contributed by atoms with van der Waals surface area (Å²) in [5.74, 6) is -1.49. The highest BCUT2D eigenvalue weighted by molar-refractivity contribution is 6.10. The topological polar surface area (TPSA) is 116 Å². The number of carbonyl (C=O) groups excluding carboxylic acids is 4. The first kappa shape index (κ1) is 27.5. The van der Waals surface area contributed by atoms with Crippen molar-refractivity contribution in [3.8, 4) is 0 Å². The van der Waals surface area contributed by atoms with Crippen molar-refractivity contribution in [2.75, 3.05) is 21.3 Å². The zero-order valence-electron chi connectivity index (χ0n) is 22.3. The fourth-order valence-electron chi connectivity index (χ4n) is 4.13. The van der Waals surface area contributed by atoms with E-state index in [1.54, 1.807) is 84.9 Å². The molecule has 42 heavy (non-hydrogen) atoms. The molecule has 0 aromatic heterocycles. The van der Waals surface area contributed by atoms with Crippen LogP contribution in [0, 0.1) is 0 Å². The first-order valence-corrected chi connectivity index (χ1v) is 13.1. The number of para-hydroxylation sites is 2. The molecular weight excluding hydrogens is 528 g/mol. The molecule has 0 aliphatic carbocycles. The molecule has 5 aromatic carbocycles. The van der Waals surface area contributed by atoms with Crippen LogP contribution in [0.3, 0.4) is 0 Å². The van der Waals surface area contributed by atoms with Crippen molar-refractivity contribution in [3.05, 3.63) is 156 Å². The Morgan fingerprint density at radius 1 is 0.310 bits per heavy atom. The quantitative estimate of drug-likeness (QED) is 0.171. The molecule has 0 radical (unpaired) electrons. The van der Waals surface area contributed by atoms with Crippen molar-refractivity contribution in [2.24, 2.45) is 0 Å². The van der Waals surface area contributed by atoms with Gasteiger partial charge in [0.15, 0.2) is 0 Å². The van der Waals surface area contributed by atoms with Crippen LogP contribution in [0.4, 0.5) is 22.7 Å². The first-order chi connectivity index (χ1) is 20.4. The van der Waals surface area contributed by atoms with E-state index < -0.39 is 11.8 Å². The first-order valence-electron chi connectivity index (χ1n) is 13.1. The third-order valence-electron chi connectivity index (χ3n) is 6.22. The Kier molecular flexibility index (Phi) is 8.45. The van der Waals surface area contributed by atoms with Crippen molar-refractivity contribution in [2.45, 2.75) is 0 Å². The van der Waals surface area contributed by atoms with Gasteiger partial charge in [-0.25, -0.2) is 0 Å². The monoisotopic (exact) mass is 554 g/mol. The molecule has 0 aliphatic rings. The molecule has 0 saturated carbocycles. The second kappa shape index (κ2) is 12.9. The Morgan fingerprint density at radius 2 is 0.595 bits per heavy atom. The molecule has 0 aliphatic heterocycles. The number of hydrogen-bond acceptors (Lipinski definition) is 4. The number of hydrogen-bond donors (Lipinski definition) is 4. The van der Waals surface area contributed by atoms with Gasteiger partial charge in [0.1, 0.15) is 0 Å². The zero-order chi connectivity index (χ0) is 29.3. The van der Waals surface area contributed by atoms with E-state index in [2.05, 4.69) is 21.3 Å². The average molecular weight is 555 g/mol. The van der Waals surface area contributed by atoms with E-state index in [1.165, 1.54) is 12.1 Å². The molecule has 5 aromatic rings. The van der Waals surface area contributed by atoms with E-state index in [0.717, 1.165) is 0 Å². The van der Waals surface area contributed by atoms with E-state index in [-0.39, 0.29) is 11.8 Å². The lowest BCUT2D eigenvalue weighted by Crippen LogP contribution is -2.16. The molecule has 0 unspecified atom stereocenters. The van der Waals surface area contributed by atoms with Gasteiger partial charge in [0.25, 0.3) is 23.6 Å². The van der Waals surface area contributed by atoms with Crippen LogP contribution in [-0.2, 0) is 0 Å². The summed E-state index contributed by atoms with van der Waals surface area (Å²) in [6.07, 6.45) is 0. The molecular formula is C34H26N4O4. The van der Waals surface area contributed by atoms with Crippen LogP contribution in [0.1, 0.15) is 41.4 Å². The highest BCUT2D eigenvalue weighted by atomic mass is 16.2. The van der Waals surface area contributed by atoms with Gasteiger partial charge >= 0.3 is 0 Å². The molecule has 8 heteroatoms. The molecule has 4 amide bonds. The molecule has 0 spiro atoms. The minimum atomic E-state index is -0.412. The predicted molar refractivity (Wildman–Crippen MR) is 164 cm³/mol. The smallest absolute Gasteiger partial charge is 0.255 e. The van der Waals surface area contributed by atoms with E-state index in [0.29, 0.717) is 45.0 Å². The van der Waals surface area contributed by atoms with Crippen LogP contribution in [-0.4, -0.2) is 23.6 Å². The highest BCUT2D eigenvalue weighted by Gasteiger charge is 2.14. The lowest BCUT2D eigenvalue weighted by Gasteiger charge is -2.11. The summed E-state index contributed by atoms with van der Waals surface area (Å²) in [5, 5.41) is 11.2. The minimum absolute atomic E-state index is 0.302. The molecule has 0 saturated heterocycles. The summed E-state index contributed by atoms with van der Waals surface area (Å²) in [6, 6.07) is 37.6. The lowest BCUT2D eigenvalue weighted by atomic mass is 10.1. The summed E-state index contributed by atoms with van der Waals surface area (Å²) in [4.78, 5) is 51.2. The molecule has 0 atom stereocenters. The second-order valence-corrected chi connectivity index (χ2v) is 9.29. The van der Waals surface area contributed by atoms with Crippen molar-refractivity contribution in [1.82, 2.24) is 0 Å². The molecule has 0 heterocycles. The van der Waals surface area contributed by atoms with Crippen molar-refractivity contribution < 1.29 is 19.2 Å². The molecule has 0 bridgehead atoms. The average Bonchev–Trinajstić information content (AvgIpc) is 3.02. The molecule has 0 fully saturated rings. The lowest BCUT2D eigenvalue weighted by molar-refractivity contribution is 0.101. The SMILES string of the molecule is O=C(Nc1ccccc1)c1cccc(C(=O)Nc2cccc(NC(=O)c3cccc(C(=O)Nc4ccccc4)c3)c2)c1. The number of nitrogens with one attached hydrogen (secondary N) is 4. The number of rotatable bonds is 8. The fourth-order valence-corrected chi connectivity index (χ4v) is 4.13. The Hall–Kier alpha value is -6.02. The molecule has 5 rings (SSSR count). The Labute approximate surface area is 242 Å².